The van der Waals surface area contributed by atoms with Crippen molar-refractivity contribution >= 4 is 34.2 Å². The molecule has 1 amide bonds. The molecule has 0 atom stereocenters. The number of para-hydroxylation sites is 1. The number of carboxylic acids is 1. The first-order valence-electron chi connectivity index (χ1n) is 9.50. The number of nitrogens with one attached hydrogen (secondary N) is 1. The Bertz CT molecular complexity index is 1390. The van der Waals surface area contributed by atoms with Gasteiger partial charge >= 0.3 is 5.97 Å². The van der Waals surface area contributed by atoms with Gasteiger partial charge in [-0.1, -0.05) is 12.1 Å². The quantitative estimate of drug-likeness (QED) is 0.473. The molecule has 0 radical (unpaired) electrons. The first kappa shape index (κ1) is 20.8. The number of carbonyl (C=O) groups is 2. The summed E-state index contributed by atoms with van der Waals surface area (Å²) in [5.41, 5.74) is 1.00. The Kier molecular flexibility index (Phi) is 5.67. The number of amides is 1. The maximum absolute atomic E-state index is 14.0. The molecule has 0 aliphatic heterocycles. The molecule has 7 nitrogen and oxygen atoms in total. The highest BCUT2D eigenvalue weighted by Crippen LogP contribution is 2.22. The van der Waals surface area contributed by atoms with Crippen molar-refractivity contribution in [2.75, 3.05) is 12.4 Å². The number of hydrogen-bond acceptors (Lipinski definition) is 5. The molecule has 0 aliphatic rings. The predicted molar refractivity (Wildman–Crippen MR) is 116 cm³/mol. The minimum atomic E-state index is -1.06. The molecule has 0 spiro atoms. The van der Waals surface area contributed by atoms with Crippen molar-refractivity contribution in [3.63, 3.8) is 0 Å². The Morgan fingerprint density at radius 1 is 1.03 bits per heavy atom. The number of ether oxygens (including phenoxy) is 1. The highest BCUT2D eigenvalue weighted by Gasteiger charge is 2.15. The van der Waals surface area contributed by atoms with E-state index in [1.54, 1.807) is 30.3 Å². The summed E-state index contributed by atoms with van der Waals surface area (Å²) in [6.07, 6.45) is 0. The molecule has 4 aromatic rings. The van der Waals surface area contributed by atoms with Gasteiger partial charge in [0.15, 0.2) is 0 Å². The zero-order valence-corrected chi connectivity index (χ0v) is 16.8. The molecule has 1 aromatic heterocycles. The fourth-order valence-electron chi connectivity index (χ4n) is 3.03. The maximum Gasteiger partial charge on any atom is 0.335 e. The number of hydrogen-bond donors (Lipinski definition) is 2. The first-order chi connectivity index (χ1) is 15.4. The van der Waals surface area contributed by atoms with E-state index >= 15 is 0 Å². The summed E-state index contributed by atoms with van der Waals surface area (Å²) < 4.78 is 25.1. The van der Waals surface area contributed by atoms with E-state index in [2.05, 4.69) is 10.3 Å². The van der Waals surface area contributed by atoms with Gasteiger partial charge in [-0.3, -0.25) is 4.79 Å². The topological polar surface area (TPSA) is 101 Å². The van der Waals surface area contributed by atoms with Gasteiger partial charge in [0, 0.05) is 5.39 Å². The molecule has 0 fully saturated rings. The number of aromatic carboxylic acids is 1. The van der Waals surface area contributed by atoms with E-state index in [1.807, 2.05) is 0 Å². The molecule has 4 rings (SSSR count). The third-order valence-electron chi connectivity index (χ3n) is 4.67. The zero-order chi connectivity index (χ0) is 22.7. The molecule has 1 heterocycles. The van der Waals surface area contributed by atoms with Crippen LogP contribution in [-0.4, -0.2) is 24.1 Å². The maximum atomic E-state index is 14.0. The van der Waals surface area contributed by atoms with Crippen molar-refractivity contribution in [3.8, 4) is 5.75 Å². The van der Waals surface area contributed by atoms with Crippen LogP contribution in [0.5, 0.6) is 5.75 Å². The summed E-state index contributed by atoms with van der Waals surface area (Å²) in [7, 11) is 1.52. The van der Waals surface area contributed by atoms with Crippen molar-refractivity contribution in [3.05, 3.63) is 95.3 Å². The summed E-state index contributed by atoms with van der Waals surface area (Å²) in [4.78, 5) is 28.5. The van der Waals surface area contributed by atoms with Crippen LogP contribution < -0.4 is 15.6 Å². The van der Waals surface area contributed by atoms with Crippen LogP contribution in [0, 0.1) is 5.82 Å². The van der Waals surface area contributed by atoms with Crippen LogP contribution in [0.4, 0.5) is 15.8 Å². The fourth-order valence-corrected chi connectivity index (χ4v) is 3.03. The van der Waals surface area contributed by atoms with Gasteiger partial charge in [0.25, 0.3) is 5.91 Å². The Balaban J connectivity index is 1.85. The van der Waals surface area contributed by atoms with E-state index in [4.69, 9.17) is 14.3 Å². The summed E-state index contributed by atoms with van der Waals surface area (Å²) in [5.74, 6) is -1.69. The molecule has 0 unspecified atom stereocenters. The number of carboxylic acid groups (broad SMARTS) is 1. The predicted octanol–water partition coefficient (Wildman–Crippen LogP) is 4.76. The average Bonchev–Trinajstić information content (AvgIpc) is 2.80. The SMILES string of the molecule is COc1ccc2oc(=Nc3ccc(C(=O)O)cc3)c(C(=O)Nc3ccccc3F)cc2c1. The Morgan fingerprint density at radius 3 is 2.47 bits per heavy atom. The summed E-state index contributed by atoms with van der Waals surface area (Å²) in [5, 5.41) is 12.2. The van der Waals surface area contributed by atoms with Gasteiger partial charge in [-0.2, -0.15) is 0 Å². The number of nitrogens with zero attached hydrogens (tertiary/aromatic N) is 1. The van der Waals surface area contributed by atoms with Gasteiger partial charge < -0.3 is 19.6 Å². The van der Waals surface area contributed by atoms with E-state index in [0.717, 1.165) is 0 Å². The number of halogens is 1. The molecule has 3 aromatic carbocycles. The molecule has 0 saturated heterocycles. The van der Waals surface area contributed by atoms with Crippen LogP contribution in [0.2, 0.25) is 0 Å². The van der Waals surface area contributed by atoms with Crippen LogP contribution in [0.25, 0.3) is 11.0 Å². The second kappa shape index (κ2) is 8.73. The minimum Gasteiger partial charge on any atom is -0.497 e. The van der Waals surface area contributed by atoms with Gasteiger partial charge in [-0.15, -0.1) is 0 Å². The van der Waals surface area contributed by atoms with Crippen LogP contribution in [0.15, 0.2) is 82.2 Å². The Morgan fingerprint density at radius 2 is 1.78 bits per heavy atom. The summed E-state index contributed by atoms with van der Waals surface area (Å²) in [6.45, 7) is 0. The van der Waals surface area contributed by atoms with Crippen molar-refractivity contribution in [2.24, 2.45) is 4.99 Å². The first-order valence-corrected chi connectivity index (χ1v) is 9.50. The van der Waals surface area contributed by atoms with E-state index in [0.29, 0.717) is 22.4 Å². The smallest absolute Gasteiger partial charge is 0.335 e. The normalized spacial score (nSPS) is 11.4. The van der Waals surface area contributed by atoms with E-state index in [9.17, 15) is 14.0 Å². The Labute approximate surface area is 181 Å². The number of methoxy groups -OCH3 is 1. The molecule has 160 valence electrons. The molecule has 8 heteroatoms. The van der Waals surface area contributed by atoms with E-state index in [-0.39, 0.29) is 22.4 Å². The zero-order valence-electron chi connectivity index (χ0n) is 16.8. The number of carbonyl (C=O) groups excluding carboxylic acids is 1. The van der Waals surface area contributed by atoms with Crippen molar-refractivity contribution < 1.29 is 28.2 Å². The molecule has 32 heavy (non-hydrogen) atoms. The lowest BCUT2D eigenvalue weighted by molar-refractivity contribution is 0.0696. The molecule has 2 N–H and O–H groups in total. The van der Waals surface area contributed by atoms with Crippen LogP contribution >= 0.6 is 0 Å². The molecule has 0 aliphatic carbocycles. The second-order valence-electron chi connectivity index (χ2n) is 6.77. The van der Waals surface area contributed by atoms with Crippen LogP contribution in [0.3, 0.4) is 0 Å². The standard InChI is InChI=1S/C24H17FN2O5/c1-31-17-10-11-21-15(12-17)13-18(22(28)27-20-5-3-2-4-19(20)25)23(32-21)26-16-8-6-14(7-9-16)24(29)30/h2-13H,1H3,(H,27,28)(H,29,30). The summed E-state index contributed by atoms with van der Waals surface area (Å²) in [6, 6.07) is 18.2. The number of fused-ring (bicyclic) bond motifs is 1. The monoisotopic (exact) mass is 432 g/mol. The van der Waals surface area contributed by atoms with Crippen molar-refractivity contribution in [1.29, 1.82) is 0 Å². The van der Waals surface area contributed by atoms with Gasteiger partial charge in [0.05, 0.1) is 24.0 Å². The third-order valence-corrected chi connectivity index (χ3v) is 4.67. The van der Waals surface area contributed by atoms with E-state index in [1.165, 1.54) is 49.6 Å². The van der Waals surface area contributed by atoms with Gasteiger partial charge in [-0.25, -0.2) is 14.2 Å². The third kappa shape index (κ3) is 4.34. The highest BCUT2D eigenvalue weighted by atomic mass is 19.1. The lowest BCUT2D eigenvalue weighted by Gasteiger charge is -2.08. The summed E-state index contributed by atoms with van der Waals surface area (Å²) >= 11 is 0. The lowest BCUT2D eigenvalue weighted by atomic mass is 10.1. The van der Waals surface area contributed by atoms with Gasteiger partial charge in [0.1, 0.15) is 22.7 Å². The number of anilines is 1. The number of rotatable bonds is 5. The van der Waals surface area contributed by atoms with Crippen molar-refractivity contribution in [1.82, 2.24) is 0 Å². The van der Waals surface area contributed by atoms with Crippen molar-refractivity contribution in [2.45, 2.75) is 0 Å². The van der Waals surface area contributed by atoms with Gasteiger partial charge in [0.2, 0.25) is 5.55 Å². The fraction of sp³-hybridized carbons (Fsp3) is 0.0417. The Hall–Kier alpha value is -4.46. The van der Waals surface area contributed by atoms with Gasteiger partial charge in [-0.05, 0) is 60.7 Å². The van der Waals surface area contributed by atoms with Crippen LogP contribution in [0.1, 0.15) is 20.7 Å². The average molecular weight is 432 g/mol. The molecular weight excluding hydrogens is 415 g/mol. The molecular formula is C24H17FN2O5. The molecule has 0 bridgehead atoms. The second-order valence-corrected chi connectivity index (χ2v) is 6.77. The largest absolute Gasteiger partial charge is 0.497 e. The number of benzene rings is 3. The van der Waals surface area contributed by atoms with Crippen LogP contribution in [-0.2, 0) is 0 Å². The minimum absolute atomic E-state index is 0.0139. The van der Waals surface area contributed by atoms with E-state index < -0.39 is 17.7 Å². The lowest BCUT2D eigenvalue weighted by Crippen LogP contribution is -2.22. The highest BCUT2D eigenvalue weighted by molar-refractivity contribution is 6.05. The molecule has 0 saturated carbocycles.